The van der Waals surface area contributed by atoms with Crippen LogP contribution < -0.4 is 0 Å². The zero-order valence-corrected chi connectivity index (χ0v) is 24.7. The topological polar surface area (TPSA) is 4.93 Å². The number of hydrogen-bond acceptors (Lipinski definition) is 0. The number of rotatable bonds is 1. The van der Waals surface area contributed by atoms with Crippen molar-refractivity contribution >= 4 is 64.9 Å². The summed E-state index contributed by atoms with van der Waals surface area (Å²) in [7, 11) is 0. The Bertz CT molecular complexity index is 2670. The summed E-state index contributed by atoms with van der Waals surface area (Å²) in [5.41, 5.74) is 9.16. The molecule has 0 fully saturated rings. The van der Waals surface area contributed by atoms with E-state index in [9.17, 15) is 0 Å². The van der Waals surface area contributed by atoms with Gasteiger partial charge in [0.05, 0.1) is 11.0 Å². The van der Waals surface area contributed by atoms with E-state index in [0.29, 0.717) is 0 Å². The molecule has 44 heavy (non-hydrogen) atoms. The molecule has 1 heterocycles. The quantitative estimate of drug-likeness (QED) is 0.176. The Labute approximate surface area is 255 Å². The minimum Gasteiger partial charge on any atom is -0.309 e. The lowest BCUT2D eigenvalue weighted by Gasteiger charge is -2.21. The molecule has 206 valence electrons. The average Bonchev–Trinajstić information content (AvgIpc) is 3.52. The van der Waals surface area contributed by atoms with Crippen LogP contribution in [0, 0.1) is 0 Å². The number of fused-ring (bicyclic) bond motifs is 15. The van der Waals surface area contributed by atoms with Gasteiger partial charge in [-0.05, 0) is 90.3 Å². The van der Waals surface area contributed by atoms with Crippen LogP contribution in [0.5, 0.6) is 0 Å². The molecule has 0 unspecified atom stereocenters. The van der Waals surface area contributed by atoms with Gasteiger partial charge in [0.15, 0.2) is 0 Å². The van der Waals surface area contributed by atoms with Crippen molar-refractivity contribution in [1.82, 2.24) is 4.57 Å². The van der Waals surface area contributed by atoms with Crippen LogP contribution >= 0.6 is 0 Å². The van der Waals surface area contributed by atoms with Crippen molar-refractivity contribution in [2.45, 2.75) is 19.3 Å². The maximum Gasteiger partial charge on any atom is 0.0547 e. The molecular formula is C43H29N. The minimum atomic E-state index is -0.0675. The van der Waals surface area contributed by atoms with Crippen LogP contribution in [0.3, 0.4) is 0 Å². The fourth-order valence-electron chi connectivity index (χ4n) is 8.37. The number of benzene rings is 8. The van der Waals surface area contributed by atoms with Gasteiger partial charge in [-0.2, -0.15) is 0 Å². The fourth-order valence-corrected chi connectivity index (χ4v) is 8.37. The first kappa shape index (κ1) is 24.1. The molecule has 0 aliphatic heterocycles. The third-order valence-electron chi connectivity index (χ3n) is 10.3. The average molecular weight is 560 g/mol. The molecule has 8 aromatic carbocycles. The summed E-state index contributed by atoms with van der Waals surface area (Å²) < 4.78 is 2.49. The molecule has 0 saturated carbocycles. The van der Waals surface area contributed by atoms with Gasteiger partial charge in [-0.1, -0.05) is 123 Å². The predicted molar refractivity (Wildman–Crippen MR) is 188 cm³/mol. The van der Waals surface area contributed by atoms with Crippen LogP contribution in [0.1, 0.15) is 25.0 Å². The van der Waals surface area contributed by atoms with E-state index in [-0.39, 0.29) is 5.41 Å². The molecule has 1 aliphatic carbocycles. The molecular weight excluding hydrogens is 530 g/mol. The highest BCUT2D eigenvalue weighted by molar-refractivity contribution is 6.38. The standard InChI is InChI=1S/C43H29N/c1-43(2)36-19-11-10-17-30(36)34-24-35-39(25-37(34)43)44(27-13-4-3-5-14-27)38-23-22-33-40-28-15-7-6-12-26(28)20-21-32(40)29-16-8-9-18-31(29)41(33)42(35)38/h3-25H,1-2H3. The lowest BCUT2D eigenvalue weighted by Crippen LogP contribution is -2.14. The van der Waals surface area contributed by atoms with Crippen molar-refractivity contribution in [3.8, 4) is 16.8 Å². The van der Waals surface area contributed by atoms with Gasteiger partial charge in [0.2, 0.25) is 0 Å². The van der Waals surface area contributed by atoms with Gasteiger partial charge in [-0.15, -0.1) is 0 Å². The molecule has 0 amide bonds. The van der Waals surface area contributed by atoms with Crippen molar-refractivity contribution in [2.24, 2.45) is 0 Å². The largest absolute Gasteiger partial charge is 0.309 e. The van der Waals surface area contributed by atoms with Crippen LogP contribution in [-0.4, -0.2) is 4.57 Å². The zero-order valence-electron chi connectivity index (χ0n) is 24.7. The first-order valence-corrected chi connectivity index (χ1v) is 15.5. The van der Waals surface area contributed by atoms with Crippen molar-refractivity contribution in [1.29, 1.82) is 0 Å². The van der Waals surface area contributed by atoms with E-state index in [1.807, 2.05) is 0 Å². The number of hydrogen-bond donors (Lipinski definition) is 0. The van der Waals surface area contributed by atoms with E-state index in [0.717, 1.165) is 0 Å². The minimum absolute atomic E-state index is 0.0675. The zero-order chi connectivity index (χ0) is 29.2. The smallest absolute Gasteiger partial charge is 0.0547 e. The van der Waals surface area contributed by atoms with Crippen LogP contribution in [0.4, 0.5) is 0 Å². The van der Waals surface area contributed by atoms with Gasteiger partial charge in [-0.25, -0.2) is 0 Å². The van der Waals surface area contributed by atoms with Crippen molar-refractivity contribution in [3.05, 3.63) is 151 Å². The number of para-hydroxylation sites is 1. The van der Waals surface area contributed by atoms with Crippen LogP contribution in [0.25, 0.3) is 81.7 Å². The maximum absolute atomic E-state index is 2.50. The van der Waals surface area contributed by atoms with E-state index in [1.54, 1.807) is 0 Å². The third-order valence-corrected chi connectivity index (χ3v) is 10.3. The Hall–Kier alpha value is -5.40. The Morgan fingerprint density at radius 1 is 0.409 bits per heavy atom. The second-order valence-electron chi connectivity index (χ2n) is 12.9. The number of nitrogens with zero attached hydrogens (tertiary/aromatic N) is 1. The highest BCUT2D eigenvalue weighted by Gasteiger charge is 2.36. The van der Waals surface area contributed by atoms with Gasteiger partial charge in [0, 0.05) is 27.3 Å². The first-order valence-electron chi connectivity index (χ1n) is 15.5. The Balaban J connectivity index is 1.50. The van der Waals surface area contributed by atoms with Crippen molar-refractivity contribution < 1.29 is 0 Å². The molecule has 0 radical (unpaired) electrons. The molecule has 10 rings (SSSR count). The SMILES string of the molecule is CC1(C)c2ccccc2-c2cc3c4c5c6ccccc6c6ccc7ccccc7c6c5ccc4n(-c4ccccc4)c3cc21. The molecule has 0 spiro atoms. The van der Waals surface area contributed by atoms with Crippen LogP contribution in [-0.2, 0) is 5.41 Å². The summed E-state index contributed by atoms with van der Waals surface area (Å²) in [6.45, 7) is 4.75. The van der Waals surface area contributed by atoms with E-state index >= 15 is 0 Å². The summed E-state index contributed by atoms with van der Waals surface area (Å²) in [6, 6.07) is 52.0. The van der Waals surface area contributed by atoms with E-state index in [2.05, 4.69) is 158 Å². The Morgan fingerprint density at radius 2 is 1.09 bits per heavy atom. The lowest BCUT2D eigenvalue weighted by molar-refractivity contribution is 0.661. The molecule has 1 heteroatoms. The fraction of sp³-hybridized carbons (Fsp3) is 0.0698. The number of aromatic nitrogens is 1. The third kappa shape index (κ3) is 2.94. The van der Waals surface area contributed by atoms with Gasteiger partial charge in [-0.3, -0.25) is 0 Å². The monoisotopic (exact) mass is 559 g/mol. The van der Waals surface area contributed by atoms with Crippen LogP contribution in [0.15, 0.2) is 140 Å². The Kier molecular flexibility index (Phi) is 4.58. The summed E-state index contributed by atoms with van der Waals surface area (Å²) >= 11 is 0. The molecule has 0 bridgehead atoms. The van der Waals surface area contributed by atoms with Crippen molar-refractivity contribution in [2.75, 3.05) is 0 Å². The summed E-state index contributed by atoms with van der Waals surface area (Å²) in [6.07, 6.45) is 0. The second-order valence-corrected chi connectivity index (χ2v) is 12.9. The molecule has 0 saturated heterocycles. The normalized spacial score (nSPS) is 13.9. The molecule has 0 atom stereocenters. The first-order chi connectivity index (χ1) is 21.6. The van der Waals surface area contributed by atoms with Gasteiger partial charge in [0.1, 0.15) is 0 Å². The Morgan fingerprint density at radius 3 is 1.95 bits per heavy atom. The molecule has 1 aromatic heterocycles. The summed E-state index contributed by atoms with van der Waals surface area (Å²) in [5.74, 6) is 0. The van der Waals surface area contributed by atoms with Crippen LogP contribution in [0.2, 0.25) is 0 Å². The summed E-state index contributed by atoms with van der Waals surface area (Å²) in [5, 5.41) is 13.2. The maximum atomic E-state index is 2.50. The highest BCUT2D eigenvalue weighted by atomic mass is 15.0. The highest BCUT2D eigenvalue weighted by Crippen LogP contribution is 2.52. The second kappa shape index (κ2) is 8.36. The summed E-state index contributed by atoms with van der Waals surface area (Å²) in [4.78, 5) is 0. The van der Waals surface area contributed by atoms with Gasteiger partial charge < -0.3 is 4.57 Å². The predicted octanol–water partition coefficient (Wildman–Crippen LogP) is 11.7. The van der Waals surface area contributed by atoms with Gasteiger partial charge in [0.25, 0.3) is 0 Å². The van der Waals surface area contributed by atoms with Crippen molar-refractivity contribution in [3.63, 3.8) is 0 Å². The molecule has 0 N–H and O–H groups in total. The molecule has 1 aliphatic rings. The van der Waals surface area contributed by atoms with Gasteiger partial charge >= 0.3 is 0 Å². The molecule has 1 nitrogen and oxygen atoms in total. The lowest BCUT2D eigenvalue weighted by atomic mass is 9.82. The van der Waals surface area contributed by atoms with E-state index < -0.39 is 0 Å². The van der Waals surface area contributed by atoms with E-state index in [1.165, 1.54) is 92.8 Å². The molecule has 9 aromatic rings. The van der Waals surface area contributed by atoms with E-state index in [4.69, 9.17) is 0 Å².